The topological polar surface area (TPSA) is 132 Å². The standard InChI is InChI=1S/C53H93N3O8S/c1-6-9-12-15-17-18-19-23-30-41-62-49(59)36-27-22-21-26-35-48(58)56-40-38-45-46(43-56)65-52(51(45)53(61)63-42-31-39-55(4)5)54-47(57)34-28-29-37-50(60)64-44(32-24-14-11-8-3)33-25-20-16-13-10-7-2/h44H,6-43H2,1-5H3,(H,54,57). The highest BCUT2D eigenvalue weighted by molar-refractivity contribution is 7.17. The maximum Gasteiger partial charge on any atom is 0.341 e. The Hall–Kier alpha value is -2.99. The van der Waals surface area contributed by atoms with Crippen LogP contribution in [-0.4, -0.2) is 86.0 Å². The molecule has 12 heteroatoms. The first-order chi connectivity index (χ1) is 31.6. The molecular weight excluding hydrogens is 839 g/mol. The molecule has 1 aliphatic rings. The molecule has 1 N–H and O–H groups in total. The van der Waals surface area contributed by atoms with Crippen LogP contribution in [0.25, 0.3) is 0 Å². The van der Waals surface area contributed by atoms with E-state index < -0.39 is 5.97 Å². The summed E-state index contributed by atoms with van der Waals surface area (Å²) in [5.74, 6) is -0.891. The van der Waals surface area contributed by atoms with Crippen LogP contribution in [0.4, 0.5) is 5.00 Å². The number of thiophene rings is 1. The normalized spacial score (nSPS) is 12.9. The number of ether oxygens (including phenoxy) is 3. The first-order valence-electron chi connectivity index (χ1n) is 26.5. The zero-order chi connectivity index (χ0) is 47.3. The van der Waals surface area contributed by atoms with Crippen molar-refractivity contribution < 1.29 is 38.2 Å². The van der Waals surface area contributed by atoms with Gasteiger partial charge >= 0.3 is 17.9 Å². The quantitative estimate of drug-likeness (QED) is 0.0387. The minimum atomic E-state index is -0.448. The van der Waals surface area contributed by atoms with Gasteiger partial charge in [-0.05, 0) is 90.3 Å². The number of fused-ring (bicyclic) bond motifs is 1. The number of hydrogen-bond donors (Lipinski definition) is 1. The molecule has 0 saturated carbocycles. The van der Waals surface area contributed by atoms with E-state index in [9.17, 15) is 24.0 Å². The van der Waals surface area contributed by atoms with Gasteiger partial charge in [0.05, 0.1) is 25.3 Å². The Kier molecular flexibility index (Phi) is 34.0. The van der Waals surface area contributed by atoms with Crippen molar-refractivity contribution in [3.05, 3.63) is 16.0 Å². The van der Waals surface area contributed by atoms with Crippen LogP contribution >= 0.6 is 11.3 Å². The Bertz CT molecular complexity index is 1450. The number of nitrogens with one attached hydrogen (secondary N) is 1. The third-order valence-electron chi connectivity index (χ3n) is 12.5. The molecule has 0 bridgehead atoms. The van der Waals surface area contributed by atoms with E-state index in [1.54, 1.807) is 0 Å². The summed E-state index contributed by atoms with van der Waals surface area (Å²) in [4.78, 5) is 70.0. The van der Waals surface area contributed by atoms with Crippen molar-refractivity contribution in [2.24, 2.45) is 0 Å². The van der Waals surface area contributed by atoms with Crippen LogP contribution in [-0.2, 0) is 46.4 Å². The lowest BCUT2D eigenvalue weighted by Gasteiger charge is -2.27. The molecule has 1 aliphatic heterocycles. The zero-order valence-corrected chi connectivity index (χ0v) is 42.8. The van der Waals surface area contributed by atoms with Gasteiger partial charge in [0.15, 0.2) is 0 Å². The molecule has 1 aromatic rings. The highest BCUT2D eigenvalue weighted by Crippen LogP contribution is 2.38. The van der Waals surface area contributed by atoms with Gasteiger partial charge in [-0.15, -0.1) is 11.3 Å². The Morgan fingerprint density at radius 2 is 1.11 bits per heavy atom. The summed E-state index contributed by atoms with van der Waals surface area (Å²) in [6.45, 7) is 9.12. The second-order valence-corrected chi connectivity index (χ2v) is 19.9. The summed E-state index contributed by atoms with van der Waals surface area (Å²) < 4.78 is 17.1. The maximum atomic E-state index is 13.5. The van der Waals surface area contributed by atoms with E-state index in [0.29, 0.717) is 68.8 Å². The Labute approximate surface area is 399 Å². The van der Waals surface area contributed by atoms with Crippen molar-refractivity contribution >= 4 is 46.1 Å². The minimum Gasteiger partial charge on any atom is -0.466 e. The summed E-state index contributed by atoms with van der Waals surface area (Å²) in [6.07, 6.45) is 31.7. The van der Waals surface area contributed by atoms with Gasteiger partial charge in [0.2, 0.25) is 11.8 Å². The summed E-state index contributed by atoms with van der Waals surface area (Å²) in [5, 5.41) is 3.48. The molecule has 0 aromatic carbocycles. The van der Waals surface area contributed by atoms with Gasteiger partial charge in [-0.1, -0.05) is 136 Å². The molecule has 0 aliphatic carbocycles. The van der Waals surface area contributed by atoms with Crippen LogP contribution in [0.3, 0.4) is 0 Å². The van der Waals surface area contributed by atoms with Gasteiger partial charge in [-0.3, -0.25) is 19.2 Å². The molecule has 0 fully saturated rings. The number of hydrogen-bond acceptors (Lipinski definition) is 10. The molecule has 1 atom stereocenters. The van der Waals surface area contributed by atoms with E-state index in [1.165, 1.54) is 101 Å². The average molecular weight is 932 g/mol. The van der Waals surface area contributed by atoms with Gasteiger partial charge < -0.3 is 29.3 Å². The highest BCUT2D eigenvalue weighted by Gasteiger charge is 2.31. The van der Waals surface area contributed by atoms with Gasteiger partial charge in [0, 0.05) is 43.6 Å². The third-order valence-corrected chi connectivity index (χ3v) is 13.6. The lowest BCUT2D eigenvalue weighted by Crippen LogP contribution is -2.35. The smallest absolute Gasteiger partial charge is 0.341 e. The van der Waals surface area contributed by atoms with Crippen molar-refractivity contribution in [1.82, 2.24) is 9.80 Å². The van der Waals surface area contributed by atoms with Gasteiger partial charge in [0.1, 0.15) is 11.1 Å². The van der Waals surface area contributed by atoms with Crippen LogP contribution in [0.1, 0.15) is 247 Å². The van der Waals surface area contributed by atoms with E-state index in [4.69, 9.17) is 14.2 Å². The van der Waals surface area contributed by atoms with Crippen molar-refractivity contribution in [2.75, 3.05) is 45.7 Å². The zero-order valence-electron chi connectivity index (χ0n) is 42.0. The second kappa shape index (κ2) is 38.0. The Morgan fingerprint density at radius 1 is 0.600 bits per heavy atom. The molecule has 2 heterocycles. The fourth-order valence-corrected chi connectivity index (χ4v) is 9.74. The minimum absolute atomic E-state index is 0.0291. The van der Waals surface area contributed by atoms with Crippen molar-refractivity contribution in [3.8, 4) is 0 Å². The van der Waals surface area contributed by atoms with Gasteiger partial charge in [-0.25, -0.2) is 4.79 Å². The lowest BCUT2D eigenvalue weighted by atomic mass is 10.0. The summed E-state index contributed by atoms with van der Waals surface area (Å²) in [6, 6.07) is 0. The predicted molar refractivity (Wildman–Crippen MR) is 267 cm³/mol. The number of amides is 2. The maximum absolute atomic E-state index is 13.5. The molecular formula is C53H93N3O8S. The summed E-state index contributed by atoms with van der Waals surface area (Å²) >= 11 is 1.35. The molecule has 11 nitrogen and oxygen atoms in total. The molecule has 0 saturated heterocycles. The van der Waals surface area contributed by atoms with Crippen molar-refractivity contribution in [1.29, 1.82) is 0 Å². The van der Waals surface area contributed by atoms with E-state index in [2.05, 4.69) is 26.1 Å². The number of rotatable bonds is 41. The molecule has 374 valence electrons. The SMILES string of the molecule is CCCCCCCCCCCOC(=O)CCCCCCC(=O)N1CCc2c(sc(NC(=O)CCCCC(=O)OC(CCCCCC)CCCCCCCC)c2C(=O)OCCCN(C)C)C1. The summed E-state index contributed by atoms with van der Waals surface area (Å²) in [5.41, 5.74) is 1.26. The van der Waals surface area contributed by atoms with Gasteiger partial charge in [-0.2, -0.15) is 0 Å². The van der Waals surface area contributed by atoms with Crippen LogP contribution in [0.15, 0.2) is 0 Å². The number of carbonyl (C=O) groups excluding carboxylic acids is 5. The number of carbonyl (C=O) groups is 5. The predicted octanol–water partition coefficient (Wildman–Crippen LogP) is 13.3. The van der Waals surface area contributed by atoms with Crippen LogP contribution in [0.5, 0.6) is 0 Å². The molecule has 65 heavy (non-hydrogen) atoms. The third kappa shape index (κ3) is 28.1. The van der Waals surface area contributed by atoms with E-state index in [-0.39, 0.29) is 49.3 Å². The molecule has 1 unspecified atom stereocenters. The van der Waals surface area contributed by atoms with Gasteiger partial charge in [0.25, 0.3) is 0 Å². The molecule has 0 spiro atoms. The molecule has 2 rings (SSSR count). The highest BCUT2D eigenvalue weighted by atomic mass is 32.1. The summed E-state index contributed by atoms with van der Waals surface area (Å²) in [7, 11) is 3.95. The fraction of sp³-hybridized carbons (Fsp3) is 0.830. The average Bonchev–Trinajstić information content (AvgIpc) is 3.64. The van der Waals surface area contributed by atoms with E-state index >= 15 is 0 Å². The first kappa shape index (κ1) is 58.1. The van der Waals surface area contributed by atoms with E-state index in [1.807, 2.05) is 23.9 Å². The number of nitrogens with zero attached hydrogens (tertiary/aromatic N) is 2. The number of anilines is 1. The first-order valence-corrected chi connectivity index (χ1v) is 27.3. The van der Waals surface area contributed by atoms with Crippen LogP contribution in [0.2, 0.25) is 0 Å². The van der Waals surface area contributed by atoms with Crippen LogP contribution in [0, 0.1) is 0 Å². The van der Waals surface area contributed by atoms with Crippen molar-refractivity contribution in [3.63, 3.8) is 0 Å². The second-order valence-electron chi connectivity index (χ2n) is 18.8. The lowest BCUT2D eigenvalue weighted by molar-refractivity contribution is -0.150. The molecule has 1 aromatic heterocycles. The Balaban J connectivity index is 1.82. The monoisotopic (exact) mass is 932 g/mol. The molecule has 0 radical (unpaired) electrons. The Morgan fingerprint density at radius 3 is 1.74 bits per heavy atom. The van der Waals surface area contributed by atoms with E-state index in [0.717, 1.165) is 87.6 Å². The van der Waals surface area contributed by atoms with Crippen molar-refractivity contribution in [2.45, 2.75) is 245 Å². The fourth-order valence-electron chi connectivity index (χ4n) is 8.47. The number of unbranched alkanes of at least 4 members (excludes halogenated alkanes) is 20. The number of esters is 3. The molecule has 2 amide bonds. The largest absolute Gasteiger partial charge is 0.466 e. The van der Waals surface area contributed by atoms with Crippen LogP contribution < -0.4 is 5.32 Å².